The van der Waals surface area contributed by atoms with Crippen molar-refractivity contribution < 1.29 is 4.79 Å². The lowest BCUT2D eigenvalue weighted by Crippen LogP contribution is -2.21. The van der Waals surface area contributed by atoms with Crippen LogP contribution >= 0.6 is 11.8 Å². The Hall–Kier alpha value is -2.53. The van der Waals surface area contributed by atoms with Crippen LogP contribution in [0, 0.1) is 36.5 Å². The molecule has 0 bridgehead atoms. The lowest BCUT2D eigenvalue weighted by Gasteiger charge is -2.09. The molecule has 0 radical (unpaired) electrons. The summed E-state index contributed by atoms with van der Waals surface area (Å²) in [5, 5.41) is 28.5. The molecule has 0 aliphatic rings. The van der Waals surface area contributed by atoms with Gasteiger partial charge in [0.2, 0.25) is 5.16 Å². The summed E-state index contributed by atoms with van der Waals surface area (Å²) in [6.07, 6.45) is 0. The van der Waals surface area contributed by atoms with E-state index in [1.54, 1.807) is 4.68 Å². The SMILES string of the molecule is CC(=N)[C@H](C#N)C(=O)CSc1nnnn1-c1cc(C)ccc1C. The fraction of sp³-hybridized carbons (Fsp3) is 0.333. The highest BCUT2D eigenvalue weighted by molar-refractivity contribution is 7.99. The normalized spacial score (nSPS) is 11.7. The number of aryl methyl sites for hydroxylation is 2. The molecule has 118 valence electrons. The number of nitriles is 1. The van der Waals surface area contributed by atoms with Crippen molar-refractivity contribution in [3.8, 4) is 11.8 Å². The largest absolute Gasteiger partial charge is 0.308 e. The average Bonchev–Trinajstić information content (AvgIpc) is 2.96. The van der Waals surface area contributed by atoms with Gasteiger partial charge in [-0.3, -0.25) is 4.79 Å². The number of carbonyl (C=O) groups is 1. The Balaban J connectivity index is 2.20. The fourth-order valence-corrected chi connectivity index (χ4v) is 2.79. The lowest BCUT2D eigenvalue weighted by atomic mass is 10.0. The van der Waals surface area contributed by atoms with Crippen LogP contribution in [0.15, 0.2) is 23.4 Å². The number of hydrogen-bond acceptors (Lipinski definition) is 7. The van der Waals surface area contributed by atoms with Crippen molar-refractivity contribution >= 4 is 23.3 Å². The number of benzene rings is 1. The summed E-state index contributed by atoms with van der Waals surface area (Å²) in [5.74, 6) is -1.28. The minimum atomic E-state index is -1.01. The minimum Gasteiger partial charge on any atom is -0.308 e. The second-order valence-corrected chi connectivity index (χ2v) is 6.11. The monoisotopic (exact) mass is 328 g/mol. The summed E-state index contributed by atoms with van der Waals surface area (Å²) in [7, 11) is 0. The van der Waals surface area contributed by atoms with Crippen LogP contribution < -0.4 is 0 Å². The Morgan fingerprint density at radius 2 is 2.22 bits per heavy atom. The summed E-state index contributed by atoms with van der Waals surface area (Å²) in [4.78, 5) is 12.0. The zero-order valence-corrected chi connectivity index (χ0v) is 13.9. The summed E-state index contributed by atoms with van der Waals surface area (Å²) < 4.78 is 1.58. The van der Waals surface area contributed by atoms with E-state index in [1.165, 1.54) is 6.92 Å². The average molecular weight is 328 g/mol. The van der Waals surface area contributed by atoms with Crippen molar-refractivity contribution in [1.82, 2.24) is 20.2 Å². The van der Waals surface area contributed by atoms with E-state index in [4.69, 9.17) is 10.7 Å². The molecule has 0 saturated carbocycles. The third-order valence-electron chi connectivity index (χ3n) is 3.26. The van der Waals surface area contributed by atoms with Crippen LogP contribution in [-0.4, -0.2) is 37.5 Å². The molecule has 7 nitrogen and oxygen atoms in total. The molecule has 0 amide bonds. The molecule has 8 heteroatoms. The van der Waals surface area contributed by atoms with Crippen LogP contribution in [-0.2, 0) is 4.79 Å². The van der Waals surface area contributed by atoms with Crippen molar-refractivity contribution in [1.29, 1.82) is 10.7 Å². The van der Waals surface area contributed by atoms with E-state index in [0.29, 0.717) is 5.16 Å². The molecule has 0 unspecified atom stereocenters. The summed E-state index contributed by atoms with van der Waals surface area (Å²) in [6.45, 7) is 5.39. The van der Waals surface area contributed by atoms with Gasteiger partial charge in [-0.2, -0.15) is 9.94 Å². The number of carbonyl (C=O) groups excluding carboxylic acids is 1. The van der Waals surface area contributed by atoms with Gasteiger partial charge in [0.25, 0.3) is 0 Å². The number of rotatable bonds is 6. The first kappa shape index (κ1) is 16.8. The highest BCUT2D eigenvalue weighted by Crippen LogP contribution is 2.22. The molecule has 0 saturated heterocycles. The van der Waals surface area contributed by atoms with E-state index >= 15 is 0 Å². The quantitative estimate of drug-likeness (QED) is 0.642. The van der Waals surface area contributed by atoms with Gasteiger partial charge < -0.3 is 5.41 Å². The van der Waals surface area contributed by atoms with Gasteiger partial charge in [0.05, 0.1) is 17.5 Å². The Morgan fingerprint density at radius 3 is 2.87 bits per heavy atom. The van der Waals surface area contributed by atoms with E-state index in [1.807, 2.05) is 38.1 Å². The Morgan fingerprint density at radius 1 is 1.48 bits per heavy atom. The number of nitrogens with zero attached hydrogens (tertiary/aromatic N) is 5. The van der Waals surface area contributed by atoms with Crippen LogP contribution in [0.3, 0.4) is 0 Å². The summed E-state index contributed by atoms with van der Waals surface area (Å²) >= 11 is 1.16. The first-order chi connectivity index (χ1) is 10.9. The Bertz CT molecular complexity index is 792. The molecule has 1 aromatic heterocycles. The zero-order chi connectivity index (χ0) is 17.0. The van der Waals surface area contributed by atoms with Crippen molar-refractivity contribution in [2.45, 2.75) is 25.9 Å². The van der Waals surface area contributed by atoms with E-state index < -0.39 is 5.92 Å². The second-order valence-electron chi connectivity index (χ2n) is 5.16. The molecule has 0 aliphatic carbocycles. The topological polar surface area (TPSA) is 108 Å². The first-order valence-electron chi connectivity index (χ1n) is 6.90. The second kappa shape index (κ2) is 7.15. The zero-order valence-electron chi connectivity index (χ0n) is 13.1. The van der Waals surface area contributed by atoms with Gasteiger partial charge in [-0.1, -0.05) is 23.9 Å². The molecule has 2 rings (SSSR count). The van der Waals surface area contributed by atoms with Crippen molar-refractivity contribution in [2.75, 3.05) is 5.75 Å². The van der Waals surface area contributed by atoms with Gasteiger partial charge in [0, 0.05) is 5.71 Å². The number of aromatic nitrogens is 4. The number of ketones is 1. The summed E-state index contributed by atoms with van der Waals surface area (Å²) in [6, 6.07) is 7.80. The predicted molar refractivity (Wildman–Crippen MR) is 86.9 cm³/mol. The minimum absolute atomic E-state index is 0.0414. The standard InChI is InChI=1S/C15H16N6OS/c1-9-4-5-10(2)13(6-9)21-15(18-19-20-21)23-8-14(22)12(7-16)11(3)17/h4-6,12,17H,8H2,1-3H3/t12-/m0/s1. The van der Waals surface area contributed by atoms with Crippen LogP contribution in [0.1, 0.15) is 18.1 Å². The van der Waals surface area contributed by atoms with Crippen molar-refractivity contribution in [3.05, 3.63) is 29.3 Å². The maximum Gasteiger partial charge on any atom is 0.214 e. The summed E-state index contributed by atoms with van der Waals surface area (Å²) in [5.41, 5.74) is 3.00. The molecule has 2 aromatic rings. The number of thioether (sulfide) groups is 1. The Labute approximate surface area is 138 Å². The maximum absolute atomic E-state index is 12.0. The van der Waals surface area contributed by atoms with E-state index in [9.17, 15) is 4.79 Å². The highest BCUT2D eigenvalue weighted by atomic mass is 32.2. The van der Waals surface area contributed by atoms with Crippen LogP contribution in [0.5, 0.6) is 0 Å². The van der Waals surface area contributed by atoms with Crippen LogP contribution in [0.4, 0.5) is 0 Å². The van der Waals surface area contributed by atoms with Crippen LogP contribution in [0.25, 0.3) is 5.69 Å². The number of Topliss-reactive ketones (excluding diaryl/α,β-unsaturated/α-hetero) is 1. The maximum atomic E-state index is 12.0. The molecule has 1 heterocycles. The van der Waals surface area contributed by atoms with Crippen LogP contribution in [0.2, 0.25) is 0 Å². The van der Waals surface area contributed by atoms with Crippen molar-refractivity contribution in [3.63, 3.8) is 0 Å². The third-order valence-corrected chi connectivity index (χ3v) is 4.20. The molecule has 1 atom stereocenters. The van der Waals surface area contributed by atoms with Gasteiger partial charge in [0.1, 0.15) is 5.92 Å². The van der Waals surface area contributed by atoms with E-state index in [2.05, 4.69) is 15.5 Å². The molecular formula is C15H16N6OS. The first-order valence-corrected chi connectivity index (χ1v) is 7.88. The van der Waals surface area contributed by atoms with Gasteiger partial charge >= 0.3 is 0 Å². The smallest absolute Gasteiger partial charge is 0.214 e. The molecular weight excluding hydrogens is 312 g/mol. The molecule has 1 aromatic carbocycles. The molecule has 0 fully saturated rings. The Kier molecular flexibility index (Phi) is 5.24. The lowest BCUT2D eigenvalue weighted by molar-refractivity contribution is -0.117. The van der Waals surface area contributed by atoms with E-state index in [-0.39, 0.29) is 17.2 Å². The fourth-order valence-electron chi connectivity index (χ4n) is 2.00. The van der Waals surface area contributed by atoms with Gasteiger partial charge in [0.15, 0.2) is 5.78 Å². The number of nitrogens with one attached hydrogen (secondary N) is 1. The van der Waals surface area contributed by atoms with Gasteiger partial charge in [-0.25, -0.2) is 0 Å². The van der Waals surface area contributed by atoms with Crippen molar-refractivity contribution in [2.24, 2.45) is 5.92 Å². The number of hydrogen-bond donors (Lipinski definition) is 1. The third kappa shape index (κ3) is 3.81. The molecule has 23 heavy (non-hydrogen) atoms. The predicted octanol–water partition coefficient (Wildman–Crippen LogP) is 2.12. The highest BCUT2D eigenvalue weighted by Gasteiger charge is 2.21. The molecule has 0 spiro atoms. The number of tetrazole rings is 1. The molecule has 1 N–H and O–H groups in total. The van der Waals surface area contributed by atoms with E-state index in [0.717, 1.165) is 28.6 Å². The molecule has 0 aliphatic heterocycles. The van der Waals surface area contributed by atoms with Gasteiger partial charge in [-0.05, 0) is 48.4 Å². The van der Waals surface area contributed by atoms with Gasteiger partial charge in [-0.15, -0.1) is 5.10 Å².